The van der Waals surface area contributed by atoms with Gasteiger partial charge in [0.2, 0.25) is 0 Å². The summed E-state index contributed by atoms with van der Waals surface area (Å²) in [6.45, 7) is 1.89. The van der Waals surface area contributed by atoms with Crippen LogP contribution in [0.15, 0.2) is 103 Å². The largest absolute Gasteiger partial charge is 0.426 e. The predicted molar refractivity (Wildman–Crippen MR) is 141 cm³/mol. The Balaban J connectivity index is 1.68. The van der Waals surface area contributed by atoms with E-state index in [1.54, 1.807) is 0 Å². The Hall–Kier alpha value is -4.44. The molecule has 1 aliphatic rings. The van der Waals surface area contributed by atoms with E-state index in [1.807, 2.05) is 110 Å². The maximum Gasteiger partial charge on any atom is 0.319 e. The predicted octanol–water partition coefficient (Wildman–Crippen LogP) is 7.29. The molecule has 0 bridgehead atoms. The van der Waals surface area contributed by atoms with Crippen LogP contribution in [-0.2, 0) is 9.59 Å². The first-order valence-electron chi connectivity index (χ1n) is 12.2. The molecular weight excluding hydrogens is 448 g/mol. The highest BCUT2D eigenvalue weighted by atomic mass is 16.5. The number of esters is 2. The summed E-state index contributed by atoms with van der Waals surface area (Å²) in [5, 5.41) is 3.84. The third-order valence-corrected chi connectivity index (χ3v) is 7.01. The van der Waals surface area contributed by atoms with Crippen LogP contribution in [0.3, 0.4) is 0 Å². The summed E-state index contributed by atoms with van der Waals surface area (Å²) in [6, 6.07) is 32.8. The number of rotatable bonds is 2. The molecule has 4 heteroatoms. The van der Waals surface area contributed by atoms with Gasteiger partial charge in [0.25, 0.3) is 0 Å². The maximum atomic E-state index is 13.8. The summed E-state index contributed by atoms with van der Waals surface area (Å²) >= 11 is 0. The highest BCUT2D eigenvalue weighted by molar-refractivity contribution is 6.11. The molecule has 36 heavy (non-hydrogen) atoms. The average Bonchev–Trinajstić information content (AvgIpc) is 2.91. The van der Waals surface area contributed by atoms with Gasteiger partial charge in [0, 0.05) is 11.1 Å². The zero-order chi connectivity index (χ0) is 24.6. The first-order valence-corrected chi connectivity index (χ1v) is 12.2. The standard InChI is InChI=1S/C32H24O4/c1-2-23-28(22-12-4-3-5-13-22)32(34)36-27-19-17-21-11-7-9-15-25(21)30(27)29-24-14-8-6-10-20(24)16-18-26(29)35-31(23)33/h3-19,23,28H,2H2,1H3/t23-,28-/m0/s1. The van der Waals surface area contributed by atoms with E-state index in [9.17, 15) is 9.59 Å². The van der Waals surface area contributed by atoms with Gasteiger partial charge in [-0.1, -0.05) is 97.9 Å². The molecule has 0 saturated carbocycles. The fraction of sp³-hybridized carbons (Fsp3) is 0.125. The van der Waals surface area contributed by atoms with Crippen molar-refractivity contribution >= 4 is 33.5 Å². The Morgan fingerprint density at radius 3 is 1.64 bits per heavy atom. The van der Waals surface area contributed by atoms with Crippen LogP contribution in [0.4, 0.5) is 0 Å². The van der Waals surface area contributed by atoms with Crippen LogP contribution in [0.2, 0.25) is 0 Å². The van der Waals surface area contributed by atoms with Crippen molar-refractivity contribution in [2.45, 2.75) is 19.3 Å². The lowest BCUT2D eigenvalue weighted by molar-refractivity contribution is -0.147. The molecule has 0 amide bonds. The summed E-state index contributed by atoms with van der Waals surface area (Å²) in [5.74, 6) is -1.48. The minimum atomic E-state index is -0.787. The molecule has 0 radical (unpaired) electrons. The number of carbonyl (C=O) groups is 2. The first-order chi connectivity index (χ1) is 17.7. The highest BCUT2D eigenvalue weighted by Crippen LogP contribution is 2.47. The zero-order valence-corrected chi connectivity index (χ0v) is 19.8. The monoisotopic (exact) mass is 472 g/mol. The maximum absolute atomic E-state index is 13.8. The summed E-state index contributed by atoms with van der Waals surface area (Å²) in [7, 11) is 0. The Labute approximate surface area is 209 Å². The number of ether oxygens (including phenoxy) is 2. The van der Waals surface area contributed by atoms with Crippen molar-refractivity contribution in [3.8, 4) is 22.6 Å². The minimum absolute atomic E-state index is 0.432. The molecule has 0 spiro atoms. The lowest BCUT2D eigenvalue weighted by Gasteiger charge is -2.27. The van der Waals surface area contributed by atoms with Crippen molar-refractivity contribution in [1.82, 2.24) is 0 Å². The van der Waals surface area contributed by atoms with Crippen LogP contribution in [0.5, 0.6) is 11.5 Å². The number of benzene rings is 5. The topological polar surface area (TPSA) is 52.6 Å². The van der Waals surface area contributed by atoms with E-state index in [4.69, 9.17) is 9.47 Å². The van der Waals surface area contributed by atoms with Gasteiger partial charge in [0.15, 0.2) is 0 Å². The summed E-state index contributed by atoms with van der Waals surface area (Å²) in [4.78, 5) is 27.4. The van der Waals surface area contributed by atoms with Crippen molar-refractivity contribution in [3.05, 3.63) is 109 Å². The van der Waals surface area contributed by atoms with Crippen molar-refractivity contribution in [2.24, 2.45) is 5.92 Å². The Morgan fingerprint density at radius 2 is 1.08 bits per heavy atom. The van der Waals surface area contributed by atoms with Crippen LogP contribution in [0.25, 0.3) is 32.7 Å². The molecule has 176 valence electrons. The van der Waals surface area contributed by atoms with Gasteiger partial charge < -0.3 is 9.47 Å². The molecule has 0 aromatic heterocycles. The number of hydrogen-bond acceptors (Lipinski definition) is 4. The second-order valence-corrected chi connectivity index (χ2v) is 9.06. The van der Waals surface area contributed by atoms with Gasteiger partial charge in [0.05, 0.1) is 11.8 Å². The van der Waals surface area contributed by atoms with Crippen molar-refractivity contribution in [2.75, 3.05) is 0 Å². The number of fused-ring (bicyclic) bond motifs is 7. The summed E-state index contributed by atoms with van der Waals surface area (Å²) in [6.07, 6.45) is 0.432. The lowest BCUT2D eigenvalue weighted by atomic mass is 9.84. The van der Waals surface area contributed by atoms with Gasteiger partial charge >= 0.3 is 11.9 Å². The van der Waals surface area contributed by atoms with Gasteiger partial charge in [-0.25, -0.2) is 0 Å². The number of carbonyl (C=O) groups excluding carboxylic acids is 2. The van der Waals surface area contributed by atoms with E-state index < -0.39 is 23.8 Å². The molecule has 0 N–H and O–H groups in total. The zero-order valence-electron chi connectivity index (χ0n) is 19.8. The second-order valence-electron chi connectivity index (χ2n) is 9.06. The van der Waals surface area contributed by atoms with Gasteiger partial charge in [0.1, 0.15) is 11.5 Å². The van der Waals surface area contributed by atoms with Crippen LogP contribution in [0, 0.1) is 5.92 Å². The van der Waals surface area contributed by atoms with E-state index >= 15 is 0 Å². The van der Waals surface area contributed by atoms with Crippen LogP contribution in [0.1, 0.15) is 24.8 Å². The third kappa shape index (κ3) is 3.62. The molecule has 0 fully saturated rings. The van der Waals surface area contributed by atoms with Crippen molar-refractivity contribution < 1.29 is 19.1 Å². The highest BCUT2D eigenvalue weighted by Gasteiger charge is 2.38. The summed E-state index contributed by atoms with van der Waals surface area (Å²) < 4.78 is 12.3. The van der Waals surface area contributed by atoms with Crippen molar-refractivity contribution in [1.29, 1.82) is 0 Å². The Kier molecular flexibility index (Phi) is 5.49. The lowest BCUT2D eigenvalue weighted by Crippen LogP contribution is -2.34. The van der Waals surface area contributed by atoms with Gasteiger partial charge in [-0.15, -0.1) is 0 Å². The van der Waals surface area contributed by atoms with Crippen LogP contribution in [-0.4, -0.2) is 11.9 Å². The normalized spacial score (nSPS) is 17.7. The quantitative estimate of drug-likeness (QED) is 0.200. The van der Waals surface area contributed by atoms with Crippen LogP contribution < -0.4 is 9.47 Å². The van der Waals surface area contributed by atoms with E-state index in [1.165, 1.54) is 0 Å². The molecule has 5 aromatic rings. The third-order valence-electron chi connectivity index (χ3n) is 7.01. The van der Waals surface area contributed by atoms with E-state index in [2.05, 4.69) is 0 Å². The van der Waals surface area contributed by atoms with Gasteiger partial charge in [-0.05, 0) is 45.7 Å². The minimum Gasteiger partial charge on any atom is -0.426 e. The Bertz CT molecular complexity index is 1620. The molecule has 1 heterocycles. The molecule has 0 aliphatic carbocycles. The van der Waals surface area contributed by atoms with Gasteiger partial charge in [-0.2, -0.15) is 0 Å². The molecule has 4 nitrogen and oxygen atoms in total. The second kappa shape index (κ2) is 8.97. The fourth-order valence-electron chi connectivity index (χ4n) is 5.28. The van der Waals surface area contributed by atoms with Crippen LogP contribution >= 0.6 is 0 Å². The number of hydrogen-bond donors (Lipinski definition) is 0. The molecule has 0 saturated heterocycles. The molecule has 1 aliphatic heterocycles. The molecule has 5 aromatic carbocycles. The molecule has 2 atom stereocenters. The van der Waals surface area contributed by atoms with E-state index in [0.29, 0.717) is 17.9 Å². The smallest absolute Gasteiger partial charge is 0.319 e. The average molecular weight is 473 g/mol. The van der Waals surface area contributed by atoms with Gasteiger partial charge in [-0.3, -0.25) is 9.59 Å². The summed E-state index contributed by atoms with van der Waals surface area (Å²) in [5.41, 5.74) is 2.21. The van der Waals surface area contributed by atoms with E-state index in [0.717, 1.165) is 38.2 Å². The molecule has 0 unspecified atom stereocenters. The first kappa shape index (κ1) is 22.1. The van der Waals surface area contributed by atoms with E-state index in [-0.39, 0.29) is 0 Å². The SMILES string of the molecule is CC[C@@H]1C(=O)Oc2ccc3ccccc3c2-c2c(ccc3ccccc23)OC(=O)[C@H]1c1ccccc1. The fourth-order valence-corrected chi connectivity index (χ4v) is 5.28. The molecule has 6 rings (SSSR count). The Morgan fingerprint density at radius 1 is 0.583 bits per heavy atom. The van der Waals surface area contributed by atoms with Crippen molar-refractivity contribution in [3.63, 3.8) is 0 Å². The molecular formula is C32H24O4.